The number of hydrogen-bond acceptors (Lipinski definition) is 3. The molecule has 1 amide bonds. The van der Waals surface area contributed by atoms with Crippen molar-refractivity contribution in [2.45, 2.75) is 13.8 Å². The zero-order valence-corrected chi connectivity index (χ0v) is 11.4. The predicted octanol–water partition coefficient (Wildman–Crippen LogP) is 2.06. The molecule has 2 aromatic rings. The largest absolute Gasteiger partial charge is 0.508 e. The Kier molecular flexibility index (Phi) is 3.89. The van der Waals surface area contributed by atoms with Gasteiger partial charge in [0.1, 0.15) is 11.3 Å². The summed E-state index contributed by atoms with van der Waals surface area (Å²) in [6, 6.07) is 9.58. The van der Waals surface area contributed by atoms with Crippen LogP contribution in [-0.2, 0) is 0 Å². The number of phenolic OH excluding ortho intramolecular Hbond substituents is 1. The summed E-state index contributed by atoms with van der Waals surface area (Å²) in [5.41, 5.74) is 0.929. The molecule has 0 aliphatic carbocycles. The van der Waals surface area contributed by atoms with Crippen LogP contribution in [0.5, 0.6) is 5.75 Å². The topological polar surface area (TPSA) is 73.4 Å². The van der Waals surface area contributed by atoms with Crippen molar-refractivity contribution in [1.82, 2.24) is 4.98 Å². The van der Waals surface area contributed by atoms with Crippen LogP contribution in [0.3, 0.4) is 0 Å². The number of carbonyl (C=O) groups is 1. The third kappa shape index (κ3) is 2.71. The summed E-state index contributed by atoms with van der Waals surface area (Å²) in [5, 5.41) is 9.49. The van der Waals surface area contributed by atoms with E-state index in [1.807, 2.05) is 6.92 Å². The summed E-state index contributed by atoms with van der Waals surface area (Å²) in [6.45, 7) is 3.96. The molecule has 0 atom stereocenters. The summed E-state index contributed by atoms with van der Waals surface area (Å²) in [6.07, 6.45) is 0. The van der Waals surface area contributed by atoms with Crippen molar-refractivity contribution in [3.8, 4) is 5.75 Å². The average Bonchev–Trinajstić information content (AvgIpc) is 2.39. The van der Waals surface area contributed by atoms with E-state index in [-0.39, 0.29) is 17.2 Å². The first kappa shape index (κ1) is 13.9. The number of H-pyrrole nitrogens is 1. The monoisotopic (exact) mass is 272 g/mol. The molecule has 0 aliphatic heterocycles. The van der Waals surface area contributed by atoms with E-state index in [0.717, 1.165) is 0 Å². The lowest BCUT2D eigenvalue weighted by Gasteiger charge is -2.20. The van der Waals surface area contributed by atoms with E-state index in [0.29, 0.717) is 17.9 Å². The Morgan fingerprint density at radius 3 is 2.65 bits per heavy atom. The van der Waals surface area contributed by atoms with Crippen LogP contribution in [0, 0.1) is 6.92 Å². The number of nitrogens with one attached hydrogen (secondary N) is 1. The molecule has 5 nitrogen and oxygen atoms in total. The minimum atomic E-state index is -0.409. The number of pyridine rings is 1. The van der Waals surface area contributed by atoms with Crippen molar-refractivity contribution in [3.05, 3.63) is 58.0 Å². The fourth-order valence-electron chi connectivity index (χ4n) is 1.99. The Hall–Kier alpha value is -2.56. The van der Waals surface area contributed by atoms with E-state index in [4.69, 9.17) is 0 Å². The van der Waals surface area contributed by atoms with Gasteiger partial charge in [-0.05, 0) is 38.1 Å². The number of aromatic nitrogens is 1. The van der Waals surface area contributed by atoms with Crippen LogP contribution in [0.1, 0.15) is 23.0 Å². The van der Waals surface area contributed by atoms with Gasteiger partial charge in [-0.1, -0.05) is 6.07 Å². The number of hydrogen-bond donors (Lipinski definition) is 2. The molecule has 0 saturated heterocycles. The van der Waals surface area contributed by atoms with Crippen molar-refractivity contribution >= 4 is 11.6 Å². The van der Waals surface area contributed by atoms with E-state index in [9.17, 15) is 14.7 Å². The number of amides is 1. The van der Waals surface area contributed by atoms with Gasteiger partial charge in [0.2, 0.25) is 0 Å². The van der Waals surface area contributed by atoms with Gasteiger partial charge >= 0.3 is 0 Å². The maximum atomic E-state index is 12.4. The summed E-state index contributed by atoms with van der Waals surface area (Å²) in [5.74, 6) is -0.314. The normalized spacial score (nSPS) is 10.3. The summed E-state index contributed by atoms with van der Waals surface area (Å²) in [4.78, 5) is 28.3. The highest BCUT2D eigenvalue weighted by molar-refractivity contribution is 6.05. The van der Waals surface area contributed by atoms with Crippen LogP contribution >= 0.6 is 0 Å². The SMILES string of the molecule is CCN(C(=O)c1ccc(C)[nH]c1=O)c1cccc(O)c1. The van der Waals surface area contributed by atoms with Crippen molar-refractivity contribution in [3.63, 3.8) is 0 Å². The maximum absolute atomic E-state index is 12.4. The molecule has 0 bridgehead atoms. The quantitative estimate of drug-likeness (QED) is 0.898. The highest BCUT2D eigenvalue weighted by Crippen LogP contribution is 2.21. The number of aromatic hydroxyl groups is 1. The smallest absolute Gasteiger partial charge is 0.263 e. The number of aromatic amines is 1. The number of phenols is 1. The van der Waals surface area contributed by atoms with E-state index < -0.39 is 5.56 Å². The van der Waals surface area contributed by atoms with E-state index in [2.05, 4.69) is 4.98 Å². The lowest BCUT2D eigenvalue weighted by molar-refractivity contribution is 0.0987. The van der Waals surface area contributed by atoms with E-state index in [1.54, 1.807) is 25.1 Å². The Morgan fingerprint density at radius 1 is 1.30 bits per heavy atom. The highest BCUT2D eigenvalue weighted by Gasteiger charge is 2.19. The fraction of sp³-hybridized carbons (Fsp3) is 0.200. The lowest BCUT2D eigenvalue weighted by atomic mass is 10.2. The second-order valence-corrected chi connectivity index (χ2v) is 4.45. The van der Waals surface area contributed by atoms with Crippen molar-refractivity contribution in [2.75, 3.05) is 11.4 Å². The number of anilines is 1. The highest BCUT2D eigenvalue weighted by atomic mass is 16.3. The number of carbonyl (C=O) groups excluding carboxylic acids is 1. The molecular weight excluding hydrogens is 256 g/mol. The van der Waals surface area contributed by atoms with Crippen molar-refractivity contribution in [2.24, 2.45) is 0 Å². The molecule has 0 radical (unpaired) electrons. The van der Waals surface area contributed by atoms with Gasteiger partial charge < -0.3 is 15.0 Å². The average molecular weight is 272 g/mol. The molecule has 0 fully saturated rings. The van der Waals surface area contributed by atoms with Crippen LogP contribution < -0.4 is 10.5 Å². The Balaban J connectivity index is 2.41. The van der Waals surface area contributed by atoms with E-state index >= 15 is 0 Å². The second-order valence-electron chi connectivity index (χ2n) is 4.45. The Morgan fingerprint density at radius 2 is 2.05 bits per heavy atom. The molecule has 1 aromatic carbocycles. The molecule has 0 saturated carbocycles. The lowest BCUT2D eigenvalue weighted by Crippen LogP contribution is -2.34. The maximum Gasteiger partial charge on any atom is 0.263 e. The number of benzene rings is 1. The van der Waals surface area contributed by atoms with Gasteiger partial charge in [0.25, 0.3) is 11.5 Å². The minimum absolute atomic E-state index is 0.0755. The first-order valence-corrected chi connectivity index (χ1v) is 6.33. The summed E-state index contributed by atoms with van der Waals surface area (Å²) < 4.78 is 0. The van der Waals surface area contributed by atoms with Crippen LogP contribution in [0.2, 0.25) is 0 Å². The van der Waals surface area contributed by atoms with Gasteiger partial charge in [0.05, 0.1) is 0 Å². The fourth-order valence-corrected chi connectivity index (χ4v) is 1.99. The molecule has 1 heterocycles. The van der Waals surface area contributed by atoms with Gasteiger partial charge in [-0.25, -0.2) is 0 Å². The van der Waals surface area contributed by atoms with Crippen LogP contribution in [0.25, 0.3) is 0 Å². The van der Waals surface area contributed by atoms with Gasteiger partial charge in [-0.2, -0.15) is 0 Å². The molecule has 2 rings (SSSR count). The molecule has 2 N–H and O–H groups in total. The Labute approximate surface area is 116 Å². The molecule has 104 valence electrons. The molecule has 0 aliphatic rings. The summed E-state index contributed by atoms with van der Waals surface area (Å²) in [7, 11) is 0. The molecule has 1 aromatic heterocycles. The van der Waals surface area contributed by atoms with Crippen LogP contribution in [0.15, 0.2) is 41.2 Å². The zero-order valence-electron chi connectivity index (χ0n) is 11.4. The third-order valence-electron chi connectivity index (χ3n) is 2.99. The first-order chi connectivity index (χ1) is 9.52. The van der Waals surface area contributed by atoms with E-state index in [1.165, 1.54) is 23.1 Å². The minimum Gasteiger partial charge on any atom is -0.508 e. The number of aryl methyl sites for hydroxylation is 1. The van der Waals surface area contributed by atoms with Gasteiger partial charge in [0.15, 0.2) is 0 Å². The first-order valence-electron chi connectivity index (χ1n) is 6.33. The molecule has 5 heteroatoms. The van der Waals surface area contributed by atoms with Crippen LogP contribution in [0.4, 0.5) is 5.69 Å². The number of rotatable bonds is 3. The second kappa shape index (κ2) is 5.61. The third-order valence-corrected chi connectivity index (χ3v) is 2.99. The van der Waals surface area contributed by atoms with Crippen molar-refractivity contribution < 1.29 is 9.90 Å². The molecule has 20 heavy (non-hydrogen) atoms. The van der Waals surface area contributed by atoms with Crippen molar-refractivity contribution in [1.29, 1.82) is 0 Å². The number of nitrogens with zero attached hydrogens (tertiary/aromatic N) is 1. The Bertz CT molecular complexity index is 692. The van der Waals surface area contributed by atoms with Gasteiger partial charge in [-0.15, -0.1) is 0 Å². The molecule has 0 unspecified atom stereocenters. The van der Waals surface area contributed by atoms with Gasteiger partial charge in [-0.3, -0.25) is 9.59 Å². The summed E-state index contributed by atoms with van der Waals surface area (Å²) >= 11 is 0. The predicted molar refractivity (Wildman–Crippen MR) is 77.3 cm³/mol. The van der Waals surface area contributed by atoms with Gasteiger partial charge in [0, 0.05) is 24.0 Å². The van der Waals surface area contributed by atoms with Crippen LogP contribution in [-0.4, -0.2) is 22.5 Å². The molecular formula is C15H16N2O3. The zero-order chi connectivity index (χ0) is 14.7. The standard InChI is InChI=1S/C15H16N2O3/c1-3-17(11-5-4-6-12(18)9-11)15(20)13-8-7-10(2)16-14(13)19/h4-9,18H,3H2,1-2H3,(H,16,19). The molecule has 0 spiro atoms.